The van der Waals surface area contributed by atoms with Crippen LogP contribution in [0.1, 0.15) is 6.92 Å². The third kappa shape index (κ3) is 2.36. The molecule has 0 aromatic carbocycles. The first-order valence-electron chi connectivity index (χ1n) is 5.33. The van der Waals surface area contributed by atoms with Gasteiger partial charge in [0.05, 0.1) is 12.7 Å². The van der Waals surface area contributed by atoms with Crippen LogP contribution in [-0.2, 0) is 11.3 Å². The molecule has 0 spiro atoms. The van der Waals surface area contributed by atoms with Gasteiger partial charge in [-0.1, -0.05) is 6.92 Å². The van der Waals surface area contributed by atoms with Crippen molar-refractivity contribution in [2.45, 2.75) is 19.6 Å². The van der Waals surface area contributed by atoms with E-state index in [-0.39, 0.29) is 0 Å². The van der Waals surface area contributed by atoms with Gasteiger partial charge in [-0.15, -0.1) is 0 Å². The molecule has 1 atom stereocenters. The first-order chi connectivity index (χ1) is 6.88. The number of hydrogen-bond donors (Lipinski definition) is 0. The van der Waals surface area contributed by atoms with Gasteiger partial charge < -0.3 is 9.30 Å². The number of aromatic nitrogens is 1. The van der Waals surface area contributed by atoms with E-state index in [1.54, 1.807) is 0 Å². The van der Waals surface area contributed by atoms with Crippen LogP contribution in [0.2, 0.25) is 0 Å². The maximum absolute atomic E-state index is 5.72. The number of nitrogens with zero attached hydrogens (tertiary/aromatic N) is 2. The van der Waals surface area contributed by atoms with Crippen molar-refractivity contribution in [2.24, 2.45) is 0 Å². The molecule has 1 fully saturated rings. The van der Waals surface area contributed by atoms with Gasteiger partial charge in [-0.3, -0.25) is 4.90 Å². The monoisotopic (exact) mass is 194 g/mol. The third-order valence-corrected chi connectivity index (χ3v) is 2.75. The highest BCUT2D eigenvalue weighted by Crippen LogP contribution is 2.07. The highest BCUT2D eigenvalue weighted by Gasteiger charge is 2.18. The SMILES string of the molecule is CCN1CCOC(Cn2cccc2)C1. The Hall–Kier alpha value is -0.800. The number of rotatable bonds is 3. The minimum Gasteiger partial charge on any atom is -0.374 e. The Morgan fingerprint density at radius 3 is 2.86 bits per heavy atom. The van der Waals surface area contributed by atoms with Crippen LogP contribution in [0.3, 0.4) is 0 Å². The lowest BCUT2D eigenvalue weighted by atomic mass is 10.2. The lowest BCUT2D eigenvalue weighted by Crippen LogP contribution is -2.43. The van der Waals surface area contributed by atoms with Gasteiger partial charge in [0.2, 0.25) is 0 Å². The van der Waals surface area contributed by atoms with Gasteiger partial charge in [0, 0.05) is 32.0 Å². The van der Waals surface area contributed by atoms with Crippen LogP contribution in [0.25, 0.3) is 0 Å². The molecule has 2 heterocycles. The van der Waals surface area contributed by atoms with Crippen LogP contribution in [0, 0.1) is 0 Å². The van der Waals surface area contributed by atoms with Gasteiger partial charge in [-0.05, 0) is 18.7 Å². The molecule has 0 aliphatic carbocycles. The zero-order chi connectivity index (χ0) is 9.80. The molecular weight excluding hydrogens is 176 g/mol. The standard InChI is InChI=1S/C11H18N2O/c1-2-12-7-8-14-11(9-12)10-13-5-3-4-6-13/h3-6,11H,2,7-10H2,1H3. The second-order valence-corrected chi connectivity index (χ2v) is 3.77. The van der Waals surface area contributed by atoms with Crippen molar-refractivity contribution in [2.75, 3.05) is 26.2 Å². The summed E-state index contributed by atoms with van der Waals surface area (Å²) < 4.78 is 7.91. The third-order valence-electron chi connectivity index (χ3n) is 2.75. The lowest BCUT2D eigenvalue weighted by molar-refractivity contribution is -0.0342. The molecule has 14 heavy (non-hydrogen) atoms. The number of likely N-dealkylation sites (N-methyl/N-ethyl adjacent to an activating group) is 1. The van der Waals surface area contributed by atoms with E-state index in [1.165, 1.54) is 0 Å². The van der Waals surface area contributed by atoms with Gasteiger partial charge in [-0.2, -0.15) is 0 Å². The van der Waals surface area contributed by atoms with Gasteiger partial charge >= 0.3 is 0 Å². The van der Waals surface area contributed by atoms with Gasteiger partial charge in [0.15, 0.2) is 0 Å². The van der Waals surface area contributed by atoms with E-state index in [9.17, 15) is 0 Å². The molecule has 1 aliphatic rings. The quantitative estimate of drug-likeness (QED) is 0.719. The Labute approximate surface area is 85.3 Å². The maximum Gasteiger partial charge on any atom is 0.0880 e. The van der Waals surface area contributed by atoms with Crippen molar-refractivity contribution in [1.29, 1.82) is 0 Å². The second kappa shape index (κ2) is 4.62. The smallest absolute Gasteiger partial charge is 0.0880 e. The summed E-state index contributed by atoms with van der Waals surface area (Å²) in [5.41, 5.74) is 0. The Morgan fingerprint density at radius 2 is 2.14 bits per heavy atom. The summed E-state index contributed by atoms with van der Waals surface area (Å²) in [5.74, 6) is 0. The molecule has 3 heteroatoms. The molecule has 0 radical (unpaired) electrons. The van der Waals surface area contributed by atoms with Crippen LogP contribution in [0.5, 0.6) is 0 Å². The lowest BCUT2D eigenvalue weighted by Gasteiger charge is -2.32. The van der Waals surface area contributed by atoms with Crippen molar-refractivity contribution in [3.63, 3.8) is 0 Å². The maximum atomic E-state index is 5.72. The van der Waals surface area contributed by atoms with Crippen molar-refractivity contribution in [1.82, 2.24) is 9.47 Å². The molecule has 78 valence electrons. The van der Waals surface area contributed by atoms with Crippen molar-refractivity contribution >= 4 is 0 Å². The van der Waals surface area contributed by atoms with Crippen LogP contribution in [0.4, 0.5) is 0 Å². The minimum absolute atomic E-state index is 0.357. The van der Waals surface area contributed by atoms with Crippen LogP contribution >= 0.6 is 0 Å². The van der Waals surface area contributed by atoms with E-state index in [4.69, 9.17) is 4.74 Å². The fourth-order valence-corrected chi connectivity index (χ4v) is 1.91. The van der Waals surface area contributed by atoms with Crippen molar-refractivity contribution < 1.29 is 4.74 Å². The molecule has 1 aromatic rings. The van der Waals surface area contributed by atoms with Crippen molar-refractivity contribution in [3.05, 3.63) is 24.5 Å². The van der Waals surface area contributed by atoms with E-state index >= 15 is 0 Å². The Kier molecular flexibility index (Phi) is 3.22. The van der Waals surface area contributed by atoms with E-state index in [0.29, 0.717) is 6.10 Å². The summed E-state index contributed by atoms with van der Waals surface area (Å²) in [5, 5.41) is 0. The summed E-state index contributed by atoms with van der Waals surface area (Å²) in [6, 6.07) is 4.11. The van der Waals surface area contributed by atoms with E-state index in [0.717, 1.165) is 32.8 Å². The molecule has 0 saturated carbocycles. The molecule has 2 rings (SSSR count). The van der Waals surface area contributed by atoms with Gasteiger partial charge in [-0.25, -0.2) is 0 Å². The van der Waals surface area contributed by atoms with Gasteiger partial charge in [0.25, 0.3) is 0 Å². The molecular formula is C11H18N2O. The topological polar surface area (TPSA) is 17.4 Å². The van der Waals surface area contributed by atoms with Crippen LogP contribution in [-0.4, -0.2) is 41.8 Å². The van der Waals surface area contributed by atoms with Crippen molar-refractivity contribution in [3.8, 4) is 0 Å². The molecule has 1 aromatic heterocycles. The zero-order valence-corrected chi connectivity index (χ0v) is 8.72. The molecule has 1 unspecified atom stereocenters. The van der Waals surface area contributed by atoms with E-state index in [1.807, 2.05) is 0 Å². The number of hydrogen-bond acceptors (Lipinski definition) is 2. The predicted molar refractivity (Wildman–Crippen MR) is 56.3 cm³/mol. The Morgan fingerprint density at radius 1 is 1.36 bits per heavy atom. The molecule has 1 saturated heterocycles. The van der Waals surface area contributed by atoms with Gasteiger partial charge in [0.1, 0.15) is 0 Å². The zero-order valence-electron chi connectivity index (χ0n) is 8.72. The van der Waals surface area contributed by atoms with Crippen LogP contribution in [0.15, 0.2) is 24.5 Å². The Bertz CT molecular complexity index is 258. The molecule has 1 aliphatic heterocycles. The molecule has 0 bridgehead atoms. The van der Waals surface area contributed by atoms with E-state index < -0.39 is 0 Å². The average molecular weight is 194 g/mol. The fourth-order valence-electron chi connectivity index (χ4n) is 1.91. The first kappa shape index (κ1) is 9.74. The predicted octanol–water partition coefficient (Wildman–Crippen LogP) is 1.21. The fraction of sp³-hybridized carbons (Fsp3) is 0.636. The molecule has 3 nitrogen and oxygen atoms in total. The van der Waals surface area contributed by atoms with Crippen LogP contribution < -0.4 is 0 Å². The minimum atomic E-state index is 0.357. The average Bonchev–Trinajstić information content (AvgIpc) is 2.71. The second-order valence-electron chi connectivity index (χ2n) is 3.77. The highest BCUT2D eigenvalue weighted by molar-refractivity contribution is 4.91. The summed E-state index contributed by atoms with van der Waals surface area (Å²) in [4.78, 5) is 2.44. The highest BCUT2D eigenvalue weighted by atomic mass is 16.5. The Balaban J connectivity index is 1.86. The summed E-state index contributed by atoms with van der Waals surface area (Å²) >= 11 is 0. The molecule has 0 N–H and O–H groups in total. The number of morpholine rings is 1. The normalized spacial score (nSPS) is 23.9. The van der Waals surface area contributed by atoms with E-state index in [2.05, 4.69) is 40.9 Å². The first-order valence-corrected chi connectivity index (χ1v) is 5.33. The number of ether oxygens (including phenoxy) is 1. The summed E-state index contributed by atoms with van der Waals surface area (Å²) in [6.07, 6.45) is 4.54. The molecule has 0 amide bonds. The summed E-state index contributed by atoms with van der Waals surface area (Å²) in [6.45, 7) is 7.33. The summed E-state index contributed by atoms with van der Waals surface area (Å²) in [7, 11) is 0. The largest absolute Gasteiger partial charge is 0.374 e.